The van der Waals surface area contributed by atoms with Gasteiger partial charge in [-0.1, -0.05) is 32.6 Å². The van der Waals surface area contributed by atoms with Crippen molar-refractivity contribution in [1.82, 2.24) is 5.32 Å². The van der Waals surface area contributed by atoms with Crippen molar-refractivity contribution in [1.29, 1.82) is 0 Å². The van der Waals surface area contributed by atoms with E-state index in [1.807, 2.05) is 20.8 Å². The van der Waals surface area contributed by atoms with Crippen LogP contribution >= 0.6 is 0 Å². The number of ether oxygens (including phenoxy) is 2. The minimum atomic E-state index is -0.831. The van der Waals surface area contributed by atoms with Crippen LogP contribution in [0.25, 0.3) is 0 Å². The summed E-state index contributed by atoms with van der Waals surface area (Å²) in [6, 6.07) is 0. The van der Waals surface area contributed by atoms with Gasteiger partial charge < -0.3 is 19.9 Å². The highest BCUT2D eigenvalue weighted by molar-refractivity contribution is 5.70. The van der Waals surface area contributed by atoms with E-state index in [0.717, 1.165) is 32.1 Å². The van der Waals surface area contributed by atoms with E-state index < -0.39 is 23.6 Å². The monoisotopic (exact) mass is 345 g/mol. The first-order chi connectivity index (χ1) is 11.2. The smallest absolute Gasteiger partial charge is 0.407 e. The van der Waals surface area contributed by atoms with Gasteiger partial charge in [-0.3, -0.25) is 4.79 Å². The van der Waals surface area contributed by atoms with E-state index in [1.165, 1.54) is 0 Å². The molecule has 2 N–H and O–H groups in total. The summed E-state index contributed by atoms with van der Waals surface area (Å²) < 4.78 is 10.9. The van der Waals surface area contributed by atoms with Gasteiger partial charge in [0.2, 0.25) is 0 Å². The normalized spacial score (nSPS) is 14.0. The number of carboxylic acid groups (broad SMARTS) is 1. The minimum Gasteiger partial charge on any atom is -0.481 e. The molecule has 0 radical (unpaired) electrons. The molecule has 6 heteroatoms. The molecular formula is C18H35NO5. The summed E-state index contributed by atoms with van der Waals surface area (Å²) in [7, 11) is 0. The standard InChI is InChI=1S/C18H35NO5/c1-6-7-8-9-11-15(14(2)16(20)21)23-13-10-12-19-17(22)24-18(3,4)5/h14-15H,6-13H2,1-5H3,(H,19,22)(H,20,21)/t14-,15-/m1/s1. The first-order valence-electron chi connectivity index (χ1n) is 8.98. The van der Waals surface area contributed by atoms with Gasteiger partial charge in [0.15, 0.2) is 0 Å². The van der Waals surface area contributed by atoms with Crippen molar-refractivity contribution in [2.45, 2.75) is 84.8 Å². The SMILES string of the molecule is CCCCCC[C@@H](OCCCNC(=O)OC(C)(C)C)[C@@H](C)C(=O)O. The van der Waals surface area contributed by atoms with E-state index >= 15 is 0 Å². The molecule has 24 heavy (non-hydrogen) atoms. The molecule has 0 aromatic rings. The third-order valence-corrected chi connectivity index (χ3v) is 3.61. The molecule has 0 bridgehead atoms. The Bertz CT molecular complexity index is 365. The van der Waals surface area contributed by atoms with Crippen LogP contribution in [0.2, 0.25) is 0 Å². The van der Waals surface area contributed by atoms with Crippen molar-refractivity contribution in [2.24, 2.45) is 5.92 Å². The molecule has 0 aliphatic carbocycles. The number of nitrogens with one attached hydrogen (secondary N) is 1. The van der Waals surface area contributed by atoms with Crippen LogP contribution in [-0.2, 0) is 14.3 Å². The average molecular weight is 345 g/mol. The van der Waals surface area contributed by atoms with E-state index in [4.69, 9.17) is 9.47 Å². The summed E-state index contributed by atoms with van der Waals surface area (Å²) in [6.45, 7) is 10.1. The second kappa shape index (κ2) is 12.1. The predicted octanol–water partition coefficient (Wildman–Crippen LogP) is 3.98. The highest BCUT2D eigenvalue weighted by Crippen LogP contribution is 2.16. The first-order valence-corrected chi connectivity index (χ1v) is 8.98. The molecule has 6 nitrogen and oxygen atoms in total. The fourth-order valence-corrected chi connectivity index (χ4v) is 2.22. The van der Waals surface area contributed by atoms with Gasteiger partial charge >= 0.3 is 12.1 Å². The average Bonchev–Trinajstić information content (AvgIpc) is 2.46. The molecule has 0 aliphatic rings. The molecule has 0 unspecified atom stereocenters. The lowest BCUT2D eigenvalue weighted by Gasteiger charge is -2.22. The molecule has 0 aromatic carbocycles. The maximum Gasteiger partial charge on any atom is 0.407 e. The van der Waals surface area contributed by atoms with Crippen LogP contribution in [0.1, 0.15) is 73.1 Å². The number of hydrogen-bond acceptors (Lipinski definition) is 4. The zero-order valence-electron chi connectivity index (χ0n) is 15.9. The van der Waals surface area contributed by atoms with Crippen LogP contribution in [0, 0.1) is 5.92 Å². The summed E-state index contributed by atoms with van der Waals surface area (Å²) in [4.78, 5) is 22.7. The zero-order chi connectivity index (χ0) is 18.6. The fraction of sp³-hybridized carbons (Fsp3) is 0.889. The van der Waals surface area contributed by atoms with Crippen LogP contribution in [0.4, 0.5) is 4.79 Å². The number of rotatable bonds is 12. The summed E-state index contributed by atoms with van der Waals surface area (Å²) in [5.41, 5.74) is -0.513. The molecule has 0 rings (SSSR count). The fourth-order valence-electron chi connectivity index (χ4n) is 2.22. The first kappa shape index (κ1) is 22.7. The third kappa shape index (κ3) is 12.2. The predicted molar refractivity (Wildman–Crippen MR) is 94.2 cm³/mol. The topological polar surface area (TPSA) is 84.9 Å². The maximum atomic E-state index is 11.5. The van der Waals surface area contributed by atoms with Gasteiger partial charge in [0.05, 0.1) is 12.0 Å². The molecule has 0 heterocycles. The maximum absolute atomic E-state index is 11.5. The molecule has 0 aliphatic heterocycles. The van der Waals surface area contributed by atoms with Crippen LogP contribution in [0.3, 0.4) is 0 Å². The van der Waals surface area contributed by atoms with Gasteiger partial charge in [-0.2, -0.15) is 0 Å². The van der Waals surface area contributed by atoms with Crippen LogP contribution in [-0.4, -0.2) is 42.0 Å². The Kier molecular flexibility index (Phi) is 11.5. The van der Waals surface area contributed by atoms with Gasteiger partial charge in [0.25, 0.3) is 0 Å². The molecule has 0 spiro atoms. The Morgan fingerprint density at radius 2 is 1.79 bits per heavy atom. The van der Waals surface area contributed by atoms with Crippen molar-refractivity contribution in [3.05, 3.63) is 0 Å². The molecule has 2 atom stereocenters. The van der Waals surface area contributed by atoms with E-state index in [1.54, 1.807) is 6.92 Å². The molecule has 1 amide bonds. The van der Waals surface area contributed by atoms with Crippen molar-refractivity contribution < 1.29 is 24.2 Å². The van der Waals surface area contributed by atoms with Gasteiger partial charge in [-0.15, -0.1) is 0 Å². The van der Waals surface area contributed by atoms with Crippen molar-refractivity contribution in [2.75, 3.05) is 13.2 Å². The number of amides is 1. The number of carboxylic acids is 1. The Balaban J connectivity index is 4.04. The number of hydrogen-bond donors (Lipinski definition) is 2. The highest BCUT2D eigenvalue weighted by atomic mass is 16.6. The van der Waals surface area contributed by atoms with Crippen molar-refractivity contribution in [3.8, 4) is 0 Å². The van der Waals surface area contributed by atoms with E-state index in [9.17, 15) is 14.7 Å². The van der Waals surface area contributed by atoms with Gasteiger partial charge in [0, 0.05) is 13.2 Å². The van der Waals surface area contributed by atoms with E-state index in [-0.39, 0.29) is 6.10 Å². The summed E-state index contributed by atoms with van der Waals surface area (Å²) >= 11 is 0. The Hall–Kier alpha value is -1.30. The summed E-state index contributed by atoms with van der Waals surface area (Å²) in [6.07, 6.45) is 5.04. The Labute approximate surface area is 146 Å². The summed E-state index contributed by atoms with van der Waals surface area (Å²) in [5.74, 6) is -1.35. The highest BCUT2D eigenvalue weighted by Gasteiger charge is 2.23. The van der Waals surface area contributed by atoms with Gasteiger partial charge in [0.1, 0.15) is 5.60 Å². The van der Waals surface area contributed by atoms with Crippen LogP contribution < -0.4 is 5.32 Å². The largest absolute Gasteiger partial charge is 0.481 e. The van der Waals surface area contributed by atoms with Crippen molar-refractivity contribution in [3.63, 3.8) is 0 Å². The zero-order valence-corrected chi connectivity index (χ0v) is 15.9. The van der Waals surface area contributed by atoms with Crippen LogP contribution in [0.15, 0.2) is 0 Å². The Morgan fingerprint density at radius 1 is 1.12 bits per heavy atom. The van der Waals surface area contributed by atoms with Crippen molar-refractivity contribution >= 4 is 12.1 Å². The number of unbranched alkanes of at least 4 members (excludes halogenated alkanes) is 3. The van der Waals surface area contributed by atoms with Crippen LogP contribution in [0.5, 0.6) is 0 Å². The number of aliphatic carboxylic acids is 1. The minimum absolute atomic E-state index is 0.277. The number of carbonyl (C=O) groups is 2. The summed E-state index contributed by atoms with van der Waals surface area (Å²) in [5, 5.41) is 11.9. The Morgan fingerprint density at radius 3 is 2.33 bits per heavy atom. The number of alkyl carbamates (subject to hydrolysis) is 1. The molecule has 0 aromatic heterocycles. The second-order valence-electron chi connectivity index (χ2n) is 7.17. The third-order valence-electron chi connectivity index (χ3n) is 3.61. The quantitative estimate of drug-likeness (QED) is 0.523. The number of carbonyl (C=O) groups excluding carboxylic acids is 1. The molecular weight excluding hydrogens is 310 g/mol. The molecule has 0 saturated carbocycles. The lowest BCUT2D eigenvalue weighted by atomic mass is 9.98. The van der Waals surface area contributed by atoms with Gasteiger partial charge in [-0.25, -0.2) is 4.79 Å². The lowest BCUT2D eigenvalue weighted by Crippen LogP contribution is -2.34. The second-order valence-corrected chi connectivity index (χ2v) is 7.17. The molecule has 142 valence electrons. The lowest BCUT2D eigenvalue weighted by molar-refractivity contribution is -0.146. The molecule has 0 saturated heterocycles. The van der Waals surface area contributed by atoms with E-state index in [0.29, 0.717) is 19.6 Å². The van der Waals surface area contributed by atoms with Gasteiger partial charge in [-0.05, 0) is 40.5 Å². The molecule has 0 fully saturated rings. The van der Waals surface area contributed by atoms with E-state index in [2.05, 4.69) is 12.2 Å².